The highest BCUT2D eigenvalue weighted by molar-refractivity contribution is 5.92. The Labute approximate surface area is 173 Å². The first-order chi connectivity index (χ1) is 14.2. The number of hydrogen-bond donors (Lipinski definition) is 2. The van der Waals surface area contributed by atoms with Crippen LogP contribution in [0.2, 0.25) is 0 Å². The maximum absolute atomic E-state index is 11.4. The third-order valence-corrected chi connectivity index (χ3v) is 5.20. The van der Waals surface area contributed by atoms with Crippen LogP contribution in [0.1, 0.15) is 25.3 Å². The maximum Gasteiger partial charge on any atom is 0.221 e. The zero-order valence-corrected chi connectivity index (χ0v) is 17.1. The SMILES string of the molecule is CC(=O)Nc1ccccc1N1CCN(CCCCOc2ccccc2CO)CC1. The second-order valence-electron chi connectivity index (χ2n) is 7.35. The van der Waals surface area contributed by atoms with Gasteiger partial charge in [-0.1, -0.05) is 30.3 Å². The van der Waals surface area contributed by atoms with Gasteiger partial charge in [-0.2, -0.15) is 0 Å². The van der Waals surface area contributed by atoms with Crippen molar-refractivity contribution in [3.05, 3.63) is 54.1 Å². The van der Waals surface area contributed by atoms with E-state index in [4.69, 9.17) is 4.74 Å². The van der Waals surface area contributed by atoms with Crippen molar-refractivity contribution in [1.29, 1.82) is 0 Å². The van der Waals surface area contributed by atoms with Crippen LogP contribution in [0.4, 0.5) is 11.4 Å². The van der Waals surface area contributed by atoms with Crippen LogP contribution in [0.15, 0.2) is 48.5 Å². The number of carbonyl (C=O) groups is 1. The van der Waals surface area contributed by atoms with Gasteiger partial charge in [0.05, 0.1) is 24.6 Å². The Bertz CT molecular complexity index is 788. The van der Waals surface area contributed by atoms with Crippen LogP contribution in [-0.4, -0.2) is 55.2 Å². The highest BCUT2D eigenvalue weighted by Gasteiger charge is 2.19. The topological polar surface area (TPSA) is 65.0 Å². The van der Waals surface area contributed by atoms with Crippen molar-refractivity contribution in [2.24, 2.45) is 0 Å². The Morgan fingerprint density at radius 2 is 1.76 bits per heavy atom. The molecule has 2 aromatic carbocycles. The lowest BCUT2D eigenvalue weighted by molar-refractivity contribution is -0.114. The van der Waals surface area contributed by atoms with Gasteiger partial charge in [-0.3, -0.25) is 9.69 Å². The van der Waals surface area contributed by atoms with E-state index in [0.717, 1.165) is 68.3 Å². The average Bonchev–Trinajstić information content (AvgIpc) is 2.74. The third-order valence-electron chi connectivity index (χ3n) is 5.20. The van der Waals surface area contributed by atoms with E-state index < -0.39 is 0 Å². The summed E-state index contributed by atoms with van der Waals surface area (Å²) in [6.45, 7) is 7.22. The van der Waals surface area contributed by atoms with Crippen LogP contribution >= 0.6 is 0 Å². The number of aliphatic hydroxyl groups is 1. The first-order valence-electron chi connectivity index (χ1n) is 10.3. The smallest absolute Gasteiger partial charge is 0.221 e. The van der Waals surface area contributed by atoms with E-state index in [2.05, 4.69) is 21.2 Å². The summed E-state index contributed by atoms with van der Waals surface area (Å²) in [4.78, 5) is 16.3. The zero-order chi connectivity index (χ0) is 20.5. The molecule has 29 heavy (non-hydrogen) atoms. The molecule has 1 fully saturated rings. The molecule has 156 valence electrons. The molecule has 0 spiro atoms. The van der Waals surface area contributed by atoms with Crippen molar-refractivity contribution in [2.45, 2.75) is 26.4 Å². The lowest BCUT2D eigenvalue weighted by atomic mass is 10.2. The number of ether oxygens (including phenoxy) is 1. The van der Waals surface area contributed by atoms with E-state index in [0.29, 0.717) is 6.61 Å². The summed E-state index contributed by atoms with van der Waals surface area (Å²) in [5.41, 5.74) is 2.82. The number of hydrogen-bond acceptors (Lipinski definition) is 5. The molecule has 0 unspecified atom stereocenters. The van der Waals surface area contributed by atoms with Gasteiger partial charge in [0.2, 0.25) is 5.91 Å². The molecule has 1 aliphatic heterocycles. The van der Waals surface area contributed by atoms with E-state index >= 15 is 0 Å². The van der Waals surface area contributed by atoms with Crippen LogP contribution in [0.3, 0.4) is 0 Å². The Balaban J connectivity index is 1.38. The number of unbranched alkanes of at least 4 members (excludes halogenated alkanes) is 1. The quantitative estimate of drug-likeness (QED) is 0.637. The van der Waals surface area contributed by atoms with Gasteiger partial charge in [0.15, 0.2) is 0 Å². The summed E-state index contributed by atoms with van der Waals surface area (Å²) in [5.74, 6) is 0.737. The monoisotopic (exact) mass is 397 g/mol. The van der Waals surface area contributed by atoms with E-state index in [1.54, 1.807) is 6.92 Å². The summed E-state index contributed by atoms with van der Waals surface area (Å²) >= 11 is 0. The van der Waals surface area contributed by atoms with Gasteiger partial charge in [-0.05, 0) is 37.6 Å². The largest absolute Gasteiger partial charge is 0.493 e. The van der Waals surface area contributed by atoms with Crippen molar-refractivity contribution < 1.29 is 14.6 Å². The number of nitrogens with one attached hydrogen (secondary N) is 1. The standard InChI is InChI=1S/C23H31N3O3/c1-19(28)24-21-9-3-4-10-22(21)26-15-13-25(14-16-26)12-6-7-17-29-23-11-5-2-8-20(23)18-27/h2-5,8-11,27H,6-7,12-18H2,1H3,(H,24,28). The molecule has 0 aliphatic carbocycles. The molecule has 6 nitrogen and oxygen atoms in total. The first-order valence-corrected chi connectivity index (χ1v) is 10.3. The Hall–Kier alpha value is -2.57. The third kappa shape index (κ3) is 6.21. The molecular formula is C23H31N3O3. The van der Waals surface area contributed by atoms with Crippen molar-refractivity contribution in [2.75, 3.05) is 49.5 Å². The van der Waals surface area contributed by atoms with Crippen molar-refractivity contribution in [3.8, 4) is 5.75 Å². The minimum absolute atomic E-state index is 0.00547. The van der Waals surface area contributed by atoms with E-state index in [9.17, 15) is 9.90 Å². The van der Waals surface area contributed by atoms with Gasteiger partial charge in [-0.15, -0.1) is 0 Å². The molecule has 6 heteroatoms. The van der Waals surface area contributed by atoms with Gasteiger partial charge in [-0.25, -0.2) is 0 Å². The minimum Gasteiger partial charge on any atom is -0.493 e. The minimum atomic E-state index is -0.0417. The zero-order valence-electron chi connectivity index (χ0n) is 17.1. The van der Waals surface area contributed by atoms with Gasteiger partial charge in [0, 0.05) is 38.7 Å². The number of amides is 1. The fourth-order valence-electron chi connectivity index (χ4n) is 3.65. The second-order valence-corrected chi connectivity index (χ2v) is 7.35. The van der Waals surface area contributed by atoms with Crippen LogP contribution in [-0.2, 0) is 11.4 Å². The molecule has 1 amide bonds. The molecule has 2 N–H and O–H groups in total. The first kappa shape index (κ1) is 21.1. The summed E-state index contributed by atoms with van der Waals surface area (Å²) in [6.07, 6.45) is 2.08. The summed E-state index contributed by atoms with van der Waals surface area (Å²) in [5, 5.41) is 12.3. The van der Waals surface area contributed by atoms with Gasteiger partial charge < -0.3 is 20.1 Å². The van der Waals surface area contributed by atoms with Crippen molar-refractivity contribution in [1.82, 2.24) is 4.90 Å². The van der Waals surface area contributed by atoms with E-state index in [1.165, 1.54) is 0 Å². The normalized spacial score (nSPS) is 14.6. The lowest BCUT2D eigenvalue weighted by Gasteiger charge is -2.37. The van der Waals surface area contributed by atoms with Gasteiger partial charge in [0.1, 0.15) is 5.75 Å². The van der Waals surface area contributed by atoms with Crippen LogP contribution in [0.5, 0.6) is 5.75 Å². The maximum atomic E-state index is 11.4. The molecule has 0 saturated carbocycles. The average molecular weight is 398 g/mol. The highest BCUT2D eigenvalue weighted by Crippen LogP contribution is 2.26. The summed E-state index contributed by atoms with van der Waals surface area (Å²) < 4.78 is 5.82. The number of nitrogens with zero attached hydrogens (tertiary/aromatic N) is 2. The molecule has 1 aliphatic rings. The fraction of sp³-hybridized carbons (Fsp3) is 0.435. The van der Waals surface area contributed by atoms with E-state index in [-0.39, 0.29) is 12.5 Å². The Morgan fingerprint density at radius 1 is 1.03 bits per heavy atom. The number of carbonyl (C=O) groups excluding carboxylic acids is 1. The van der Waals surface area contributed by atoms with Gasteiger partial charge >= 0.3 is 0 Å². The molecule has 1 heterocycles. The van der Waals surface area contributed by atoms with Gasteiger partial charge in [0.25, 0.3) is 0 Å². The number of para-hydroxylation sites is 3. The predicted octanol–water partition coefficient (Wildman–Crippen LogP) is 3.12. The van der Waals surface area contributed by atoms with Crippen molar-refractivity contribution >= 4 is 17.3 Å². The number of rotatable bonds is 9. The van der Waals surface area contributed by atoms with Crippen LogP contribution < -0.4 is 15.0 Å². The highest BCUT2D eigenvalue weighted by atomic mass is 16.5. The Kier molecular flexibility index (Phi) is 7.90. The molecule has 2 aromatic rings. The predicted molar refractivity (Wildman–Crippen MR) is 116 cm³/mol. The van der Waals surface area contributed by atoms with Crippen LogP contribution in [0.25, 0.3) is 0 Å². The molecular weight excluding hydrogens is 366 g/mol. The molecule has 3 rings (SSSR count). The van der Waals surface area contributed by atoms with Crippen LogP contribution in [0, 0.1) is 0 Å². The fourth-order valence-corrected chi connectivity index (χ4v) is 3.65. The molecule has 0 radical (unpaired) electrons. The lowest BCUT2D eigenvalue weighted by Crippen LogP contribution is -2.46. The second kappa shape index (κ2) is 10.8. The summed E-state index contributed by atoms with van der Waals surface area (Å²) in [7, 11) is 0. The molecule has 0 aromatic heterocycles. The number of anilines is 2. The molecule has 0 bridgehead atoms. The number of aliphatic hydroxyl groups excluding tert-OH is 1. The summed E-state index contributed by atoms with van der Waals surface area (Å²) in [6, 6.07) is 15.6. The van der Waals surface area contributed by atoms with Crippen molar-refractivity contribution in [3.63, 3.8) is 0 Å². The number of piperazine rings is 1. The number of benzene rings is 2. The Morgan fingerprint density at radius 3 is 2.52 bits per heavy atom. The molecule has 0 atom stereocenters. The van der Waals surface area contributed by atoms with E-state index in [1.807, 2.05) is 42.5 Å². The molecule has 1 saturated heterocycles.